The Morgan fingerprint density at radius 2 is 1.94 bits per heavy atom. The van der Waals surface area contributed by atoms with E-state index in [1.165, 1.54) is 11.1 Å². The van der Waals surface area contributed by atoms with Crippen LogP contribution in [0.1, 0.15) is 25.8 Å². The highest BCUT2D eigenvalue weighted by molar-refractivity contribution is 5.26. The lowest BCUT2D eigenvalue weighted by atomic mass is 10.00. The molecule has 1 aromatic carbocycles. The van der Waals surface area contributed by atoms with Gasteiger partial charge in [-0.3, -0.25) is 0 Å². The monoisotopic (exact) mass is 244 g/mol. The number of hydrogen-bond donors (Lipinski definition) is 0. The standard InChI is InChI=1S/C16H20O2/c1-12(2)15-10-9-14(16(17-3)18-15)11-13-7-5-4-6-8-13/h4-8,10,12H,9,11H2,1-3H3. The van der Waals surface area contributed by atoms with Gasteiger partial charge >= 0.3 is 0 Å². The summed E-state index contributed by atoms with van der Waals surface area (Å²) in [4.78, 5) is 0. The molecule has 1 aliphatic rings. The molecule has 0 amide bonds. The predicted molar refractivity (Wildman–Crippen MR) is 72.8 cm³/mol. The molecule has 2 rings (SSSR count). The smallest absolute Gasteiger partial charge is 0.283 e. The van der Waals surface area contributed by atoms with Gasteiger partial charge in [0.25, 0.3) is 5.95 Å². The van der Waals surface area contributed by atoms with Crippen LogP contribution in [0.2, 0.25) is 0 Å². The van der Waals surface area contributed by atoms with Crippen molar-refractivity contribution < 1.29 is 9.47 Å². The summed E-state index contributed by atoms with van der Waals surface area (Å²) in [5.74, 6) is 2.07. The zero-order valence-corrected chi connectivity index (χ0v) is 11.3. The van der Waals surface area contributed by atoms with Crippen molar-refractivity contribution in [1.82, 2.24) is 0 Å². The predicted octanol–water partition coefficient (Wildman–Crippen LogP) is 4.05. The topological polar surface area (TPSA) is 18.5 Å². The third-order valence-corrected chi connectivity index (χ3v) is 3.06. The first-order valence-corrected chi connectivity index (χ1v) is 6.38. The molecule has 18 heavy (non-hydrogen) atoms. The van der Waals surface area contributed by atoms with Gasteiger partial charge in [0.05, 0.1) is 7.11 Å². The molecule has 0 spiro atoms. The molecule has 1 heterocycles. The van der Waals surface area contributed by atoms with Crippen molar-refractivity contribution >= 4 is 0 Å². The summed E-state index contributed by atoms with van der Waals surface area (Å²) < 4.78 is 11.2. The fourth-order valence-corrected chi connectivity index (χ4v) is 2.05. The van der Waals surface area contributed by atoms with Gasteiger partial charge in [-0.05, 0) is 18.1 Å². The molecule has 1 aliphatic heterocycles. The Bertz CT molecular complexity index is 455. The van der Waals surface area contributed by atoms with Gasteiger partial charge in [-0.2, -0.15) is 0 Å². The van der Waals surface area contributed by atoms with Crippen LogP contribution in [0, 0.1) is 5.92 Å². The lowest BCUT2D eigenvalue weighted by Gasteiger charge is -2.22. The highest BCUT2D eigenvalue weighted by atomic mass is 16.7. The summed E-state index contributed by atoms with van der Waals surface area (Å²) in [6.45, 7) is 4.25. The molecule has 96 valence electrons. The molecule has 1 aromatic rings. The number of methoxy groups -OCH3 is 1. The van der Waals surface area contributed by atoms with Crippen LogP contribution < -0.4 is 0 Å². The van der Waals surface area contributed by atoms with Crippen molar-refractivity contribution in [2.45, 2.75) is 26.7 Å². The van der Waals surface area contributed by atoms with E-state index in [4.69, 9.17) is 9.47 Å². The minimum atomic E-state index is 0.397. The molecular formula is C16H20O2. The van der Waals surface area contributed by atoms with Crippen LogP contribution in [0.25, 0.3) is 0 Å². The minimum absolute atomic E-state index is 0.397. The highest BCUT2D eigenvalue weighted by Crippen LogP contribution is 2.28. The molecule has 0 atom stereocenters. The van der Waals surface area contributed by atoms with E-state index in [2.05, 4.69) is 44.2 Å². The fourth-order valence-electron chi connectivity index (χ4n) is 2.05. The fraction of sp³-hybridized carbons (Fsp3) is 0.375. The quantitative estimate of drug-likeness (QED) is 0.795. The Hall–Kier alpha value is -1.70. The van der Waals surface area contributed by atoms with Crippen LogP contribution >= 0.6 is 0 Å². The second-order valence-electron chi connectivity index (χ2n) is 4.82. The summed E-state index contributed by atoms with van der Waals surface area (Å²) in [6.07, 6.45) is 3.95. The second-order valence-corrected chi connectivity index (χ2v) is 4.82. The Morgan fingerprint density at radius 3 is 2.56 bits per heavy atom. The van der Waals surface area contributed by atoms with Gasteiger partial charge in [-0.1, -0.05) is 44.2 Å². The van der Waals surface area contributed by atoms with Gasteiger partial charge in [0.15, 0.2) is 0 Å². The first-order valence-electron chi connectivity index (χ1n) is 6.38. The van der Waals surface area contributed by atoms with E-state index in [-0.39, 0.29) is 0 Å². The largest absolute Gasteiger partial charge is 0.468 e. The van der Waals surface area contributed by atoms with Gasteiger partial charge in [0.2, 0.25) is 0 Å². The van der Waals surface area contributed by atoms with Gasteiger partial charge in [-0.15, -0.1) is 0 Å². The van der Waals surface area contributed by atoms with Crippen LogP contribution in [-0.4, -0.2) is 7.11 Å². The van der Waals surface area contributed by atoms with E-state index in [1.807, 2.05) is 6.07 Å². The van der Waals surface area contributed by atoms with Crippen LogP contribution in [0.15, 0.2) is 53.7 Å². The average molecular weight is 244 g/mol. The molecule has 0 fully saturated rings. The lowest BCUT2D eigenvalue weighted by molar-refractivity contribution is 0.0814. The zero-order chi connectivity index (χ0) is 13.0. The molecule has 0 bridgehead atoms. The van der Waals surface area contributed by atoms with Gasteiger partial charge in [-0.25, -0.2) is 0 Å². The van der Waals surface area contributed by atoms with Crippen LogP contribution in [0.4, 0.5) is 0 Å². The van der Waals surface area contributed by atoms with Gasteiger partial charge in [0, 0.05) is 17.9 Å². The number of benzene rings is 1. The van der Waals surface area contributed by atoms with Gasteiger partial charge in [0.1, 0.15) is 5.76 Å². The second kappa shape index (κ2) is 5.76. The number of allylic oxidation sites excluding steroid dienone is 3. The number of ether oxygens (including phenoxy) is 2. The SMILES string of the molecule is COC1=C(Cc2ccccc2)CC=C(C(C)C)O1. The molecule has 0 radical (unpaired) electrons. The Balaban J connectivity index is 2.13. The van der Waals surface area contributed by atoms with Gasteiger partial charge < -0.3 is 9.47 Å². The Morgan fingerprint density at radius 1 is 1.22 bits per heavy atom. The Labute approximate surface area is 109 Å². The molecule has 0 aliphatic carbocycles. The molecule has 0 unspecified atom stereocenters. The maximum absolute atomic E-state index is 5.80. The maximum atomic E-state index is 5.80. The summed E-state index contributed by atoms with van der Waals surface area (Å²) in [6, 6.07) is 10.4. The summed E-state index contributed by atoms with van der Waals surface area (Å²) in [5, 5.41) is 0. The first-order chi connectivity index (χ1) is 8.70. The third kappa shape index (κ3) is 2.95. The molecule has 0 saturated heterocycles. The van der Waals surface area contributed by atoms with Crippen molar-refractivity contribution in [1.29, 1.82) is 0 Å². The molecule has 2 nitrogen and oxygen atoms in total. The number of hydrogen-bond acceptors (Lipinski definition) is 2. The lowest BCUT2D eigenvalue weighted by Crippen LogP contribution is -2.10. The highest BCUT2D eigenvalue weighted by Gasteiger charge is 2.18. The van der Waals surface area contributed by atoms with E-state index >= 15 is 0 Å². The van der Waals surface area contributed by atoms with Crippen LogP contribution in [0.5, 0.6) is 0 Å². The van der Waals surface area contributed by atoms with Crippen molar-refractivity contribution in [2.24, 2.45) is 5.92 Å². The molecule has 0 aromatic heterocycles. The van der Waals surface area contributed by atoms with Crippen molar-refractivity contribution in [3.63, 3.8) is 0 Å². The first kappa shape index (κ1) is 12.7. The molecular weight excluding hydrogens is 224 g/mol. The molecule has 2 heteroatoms. The van der Waals surface area contributed by atoms with Crippen molar-refractivity contribution in [2.75, 3.05) is 7.11 Å². The maximum Gasteiger partial charge on any atom is 0.283 e. The van der Waals surface area contributed by atoms with E-state index in [0.717, 1.165) is 18.6 Å². The van der Waals surface area contributed by atoms with Crippen molar-refractivity contribution in [3.05, 3.63) is 59.2 Å². The van der Waals surface area contributed by atoms with E-state index < -0.39 is 0 Å². The minimum Gasteiger partial charge on any atom is -0.468 e. The van der Waals surface area contributed by atoms with Crippen LogP contribution in [0.3, 0.4) is 0 Å². The summed E-state index contributed by atoms with van der Waals surface area (Å²) in [5.41, 5.74) is 2.49. The Kier molecular flexibility index (Phi) is 4.08. The average Bonchev–Trinajstić information content (AvgIpc) is 2.40. The van der Waals surface area contributed by atoms with E-state index in [1.54, 1.807) is 7.11 Å². The third-order valence-electron chi connectivity index (χ3n) is 3.06. The molecule has 0 saturated carbocycles. The van der Waals surface area contributed by atoms with Crippen LogP contribution in [-0.2, 0) is 15.9 Å². The van der Waals surface area contributed by atoms with Crippen molar-refractivity contribution in [3.8, 4) is 0 Å². The van der Waals surface area contributed by atoms with E-state index in [9.17, 15) is 0 Å². The summed E-state index contributed by atoms with van der Waals surface area (Å²) >= 11 is 0. The van der Waals surface area contributed by atoms with E-state index in [0.29, 0.717) is 11.9 Å². The zero-order valence-electron chi connectivity index (χ0n) is 11.3. The number of rotatable bonds is 4. The summed E-state index contributed by atoms with van der Waals surface area (Å²) in [7, 11) is 1.67. The normalized spacial score (nSPS) is 15.4. The molecule has 0 N–H and O–H groups in total.